The van der Waals surface area contributed by atoms with Crippen molar-refractivity contribution in [3.05, 3.63) is 35.1 Å². The molecule has 4 atom stereocenters. The van der Waals surface area contributed by atoms with Crippen LogP contribution < -0.4 is 0 Å². The molecule has 5 aliphatic rings. The van der Waals surface area contributed by atoms with E-state index in [1.165, 1.54) is 37.7 Å². The van der Waals surface area contributed by atoms with Crippen LogP contribution in [-0.4, -0.2) is 11.4 Å². The Bertz CT molecular complexity index is 657. The Kier molecular flexibility index (Phi) is 2.82. The monoisotopic (exact) mass is 310 g/mol. The predicted molar refractivity (Wildman–Crippen MR) is 89.7 cm³/mol. The molecular formula is C21H26O2. The number of ether oxygens (including phenoxy) is 1. The van der Waals surface area contributed by atoms with Crippen molar-refractivity contribution in [3.63, 3.8) is 0 Å². The third-order valence-electron chi connectivity index (χ3n) is 7.86. The fraction of sp³-hybridized carbons (Fsp3) is 0.667. The van der Waals surface area contributed by atoms with Crippen LogP contribution in [0.4, 0.5) is 0 Å². The number of carbonyl (C=O) groups excluding carboxylic acids is 1. The first kappa shape index (κ1) is 14.1. The quantitative estimate of drug-likeness (QED) is 0.638. The van der Waals surface area contributed by atoms with Gasteiger partial charge in [0.15, 0.2) is 5.78 Å². The molecule has 23 heavy (non-hydrogen) atoms. The molecule has 0 saturated heterocycles. The number of ketones is 1. The van der Waals surface area contributed by atoms with Gasteiger partial charge in [-0.2, -0.15) is 0 Å². The minimum Gasteiger partial charge on any atom is -0.494 e. The second-order valence-electron chi connectivity index (χ2n) is 8.54. The van der Waals surface area contributed by atoms with Gasteiger partial charge in [-0.3, -0.25) is 4.79 Å². The minimum absolute atomic E-state index is 0.0898. The summed E-state index contributed by atoms with van der Waals surface area (Å²) < 4.78 is 6.22. The SMILES string of the molecule is C[C@]12CCC3=C4CCC(=O)C=C4CCC3C1CCC21CC=CO1. The normalized spacial score (nSPS) is 44.7. The maximum absolute atomic E-state index is 11.8. The summed E-state index contributed by atoms with van der Waals surface area (Å²) in [6.45, 7) is 2.51. The highest BCUT2D eigenvalue weighted by Crippen LogP contribution is 2.66. The molecule has 0 radical (unpaired) electrons. The molecule has 5 rings (SSSR count). The van der Waals surface area contributed by atoms with Crippen LogP contribution in [0.3, 0.4) is 0 Å². The highest BCUT2D eigenvalue weighted by Gasteiger charge is 2.62. The third kappa shape index (κ3) is 1.73. The highest BCUT2D eigenvalue weighted by atomic mass is 16.5. The zero-order valence-corrected chi connectivity index (χ0v) is 14.1. The van der Waals surface area contributed by atoms with E-state index in [2.05, 4.69) is 13.0 Å². The number of fused-ring (bicyclic) bond motifs is 5. The van der Waals surface area contributed by atoms with Crippen molar-refractivity contribution in [1.29, 1.82) is 0 Å². The van der Waals surface area contributed by atoms with Crippen molar-refractivity contribution in [1.82, 2.24) is 0 Å². The maximum Gasteiger partial charge on any atom is 0.156 e. The van der Waals surface area contributed by atoms with E-state index in [1.807, 2.05) is 12.3 Å². The topological polar surface area (TPSA) is 26.3 Å². The van der Waals surface area contributed by atoms with E-state index >= 15 is 0 Å². The first-order valence-electron chi connectivity index (χ1n) is 9.41. The summed E-state index contributed by atoms with van der Waals surface area (Å²) in [5.74, 6) is 1.87. The summed E-state index contributed by atoms with van der Waals surface area (Å²) in [5, 5.41) is 0. The lowest BCUT2D eigenvalue weighted by Crippen LogP contribution is -2.49. The first-order valence-corrected chi connectivity index (χ1v) is 9.41. The predicted octanol–water partition coefficient (Wildman–Crippen LogP) is 4.87. The average Bonchev–Trinajstić information content (AvgIpc) is 3.14. The van der Waals surface area contributed by atoms with Gasteiger partial charge in [0, 0.05) is 18.3 Å². The maximum atomic E-state index is 11.8. The van der Waals surface area contributed by atoms with Crippen molar-refractivity contribution in [2.75, 3.05) is 0 Å². The summed E-state index contributed by atoms with van der Waals surface area (Å²) in [7, 11) is 0. The summed E-state index contributed by atoms with van der Waals surface area (Å²) >= 11 is 0. The molecule has 2 nitrogen and oxygen atoms in total. The van der Waals surface area contributed by atoms with Crippen LogP contribution in [0.25, 0.3) is 0 Å². The number of rotatable bonds is 0. The molecular weight excluding hydrogens is 284 g/mol. The second-order valence-corrected chi connectivity index (χ2v) is 8.54. The summed E-state index contributed by atoms with van der Waals surface area (Å²) in [4.78, 5) is 11.8. The van der Waals surface area contributed by atoms with E-state index in [9.17, 15) is 4.79 Å². The molecule has 1 heterocycles. The molecule has 0 N–H and O–H groups in total. The van der Waals surface area contributed by atoms with Crippen LogP contribution in [0.15, 0.2) is 35.1 Å². The van der Waals surface area contributed by atoms with Crippen LogP contribution in [0.1, 0.15) is 64.7 Å². The van der Waals surface area contributed by atoms with Crippen molar-refractivity contribution in [2.24, 2.45) is 17.3 Å². The van der Waals surface area contributed by atoms with E-state index < -0.39 is 0 Å². The van der Waals surface area contributed by atoms with Crippen LogP contribution in [0.5, 0.6) is 0 Å². The van der Waals surface area contributed by atoms with Crippen LogP contribution in [0.2, 0.25) is 0 Å². The number of carbonyl (C=O) groups is 1. The van der Waals surface area contributed by atoms with Gasteiger partial charge in [0.05, 0.1) is 6.26 Å². The number of hydrogen-bond acceptors (Lipinski definition) is 2. The average molecular weight is 310 g/mol. The molecule has 3 unspecified atom stereocenters. The smallest absolute Gasteiger partial charge is 0.156 e. The Morgan fingerprint density at radius 2 is 2.04 bits per heavy atom. The van der Waals surface area contributed by atoms with Gasteiger partial charge in [-0.15, -0.1) is 0 Å². The van der Waals surface area contributed by atoms with Crippen molar-refractivity contribution in [2.45, 2.75) is 70.3 Å². The molecule has 0 amide bonds. The highest BCUT2D eigenvalue weighted by molar-refractivity contribution is 5.93. The summed E-state index contributed by atoms with van der Waals surface area (Å²) in [5.41, 5.74) is 5.10. The van der Waals surface area contributed by atoms with E-state index in [-0.39, 0.29) is 5.60 Å². The fourth-order valence-corrected chi connectivity index (χ4v) is 6.62. The van der Waals surface area contributed by atoms with Gasteiger partial charge in [0.25, 0.3) is 0 Å². The Morgan fingerprint density at radius 1 is 1.13 bits per heavy atom. The summed E-state index contributed by atoms with van der Waals surface area (Å²) in [6, 6.07) is 0. The lowest BCUT2D eigenvalue weighted by Gasteiger charge is -2.52. The lowest BCUT2D eigenvalue weighted by atomic mass is 9.54. The fourth-order valence-electron chi connectivity index (χ4n) is 6.62. The van der Waals surface area contributed by atoms with Gasteiger partial charge in [0.2, 0.25) is 0 Å². The largest absolute Gasteiger partial charge is 0.494 e. The molecule has 2 saturated carbocycles. The van der Waals surface area contributed by atoms with Gasteiger partial charge < -0.3 is 4.74 Å². The van der Waals surface area contributed by atoms with Crippen molar-refractivity contribution >= 4 is 5.78 Å². The molecule has 122 valence electrons. The molecule has 0 aromatic carbocycles. The zero-order chi connectivity index (χ0) is 15.7. The van der Waals surface area contributed by atoms with Crippen LogP contribution in [-0.2, 0) is 9.53 Å². The molecule has 0 aromatic rings. The van der Waals surface area contributed by atoms with Crippen molar-refractivity contribution in [3.8, 4) is 0 Å². The Labute approximate surface area is 138 Å². The Balaban J connectivity index is 1.54. The zero-order valence-electron chi connectivity index (χ0n) is 14.1. The van der Waals surface area contributed by atoms with Crippen molar-refractivity contribution < 1.29 is 9.53 Å². The van der Waals surface area contributed by atoms with Gasteiger partial charge >= 0.3 is 0 Å². The van der Waals surface area contributed by atoms with E-state index in [0.717, 1.165) is 37.5 Å². The van der Waals surface area contributed by atoms with Gasteiger partial charge in [-0.1, -0.05) is 12.5 Å². The molecule has 2 fully saturated rings. The third-order valence-corrected chi connectivity index (χ3v) is 7.86. The molecule has 0 bridgehead atoms. The Morgan fingerprint density at radius 3 is 2.87 bits per heavy atom. The van der Waals surface area contributed by atoms with E-state index in [1.54, 1.807) is 11.1 Å². The van der Waals surface area contributed by atoms with Gasteiger partial charge in [-0.05, 0) is 80.1 Å². The molecule has 1 spiro atoms. The van der Waals surface area contributed by atoms with E-state index in [4.69, 9.17) is 4.74 Å². The Hall–Kier alpha value is -1.31. The molecule has 0 aromatic heterocycles. The van der Waals surface area contributed by atoms with Gasteiger partial charge in [0.1, 0.15) is 5.60 Å². The van der Waals surface area contributed by atoms with E-state index in [0.29, 0.717) is 11.2 Å². The lowest BCUT2D eigenvalue weighted by molar-refractivity contribution is -0.114. The number of hydrogen-bond donors (Lipinski definition) is 0. The first-order chi connectivity index (χ1) is 11.1. The standard InChI is InChI=1S/C21H26O2/c1-20-10-7-17-16-6-4-15(22)13-14(16)3-5-18(17)19(20)8-11-21(20)9-2-12-23-21/h2,12-13,18-19H,3-11H2,1H3/t18?,19?,20-,21?/m0/s1. The minimum atomic E-state index is 0.0898. The van der Waals surface area contributed by atoms with Gasteiger partial charge in [-0.25, -0.2) is 0 Å². The number of allylic oxidation sites excluding steroid dienone is 4. The molecule has 2 heteroatoms. The molecule has 4 aliphatic carbocycles. The second kappa shape index (κ2) is 4.62. The summed E-state index contributed by atoms with van der Waals surface area (Å²) in [6.07, 6.45) is 16.4. The van der Waals surface area contributed by atoms with Crippen LogP contribution >= 0.6 is 0 Å². The molecule has 1 aliphatic heterocycles. The van der Waals surface area contributed by atoms with Crippen LogP contribution in [0, 0.1) is 17.3 Å².